The molecule has 0 unspecified atom stereocenters. The standard InChI is InChI=1S/C32H27ClF4N4O2/c1-16-13-39-25(20-5-4-6-24(28(20)34)40-30(43)31(3)7-8-31)12-26(16)41-17(2)9-23(27(33)29(41)42)22-11-21(22)18-10-19(15-38-14-18)32(35,36)37/h4-6,9-10,12-15,21-22H,7-8,11H2,1-3H3,(H,40,43)/t21-,22+/m1/s1. The number of aryl methyl sites for hydroxylation is 2. The summed E-state index contributed by atoms with van der Waals surface area (Å²) in [7, 11) is 0. The Balaban J connectivity index is 1.33. The van der Waals surface area contributed by atoms with Crippen molar-refractivity contribution in [1.29, 1.82) is 0 Å². The predicted octanol–water partition coefficient (Wildman–Crippen LogP) is 7.73. The van der Waals surface area contributed by atoms with Gasteiger partial charge < -0.3 is 5.32 Å². The number of alkyl halides is 3. The van der Waals surface area contributed by atoms with Gasteiger partial charge in [-0.3, -0.25) is 24.1 Å². The third kappa shape index (κ3) is 5.33. The van der Waals surface area contributed by atoms with Crippen LogP contribution in [0.5, 0.6) is 0 Å². The lowest BCUT2D eigenvalue weighted by Crippen LogP contribution is -2.23. The summed E-state index contributed by atoms with van der Waals surface area (Å²) in [5, 5.41) is 2.65. The molecule has 4 aromatic rings. The highest BCUT2D eigenvalue weighted by Crippen LogP contribution is 2.56. The van der Waals surface area contributed by atoms with Crippen LogP contribution in [0.1, 0.15) is 66.0 Å². The Kier molecular flexibility index (Phi) is 6.95. The highest BCUT2D eigenvalue weighted by atomic mass is 35.5. The highest BCUT2D eigenvalue weighted by molar-refractivity contribution is 6.31. The minimum Gasteiger partial charge on any atom is -0.323 e. The molecule has 2 fully saturated rings. The molecule has 0 aliphatic heterocycles. The molecule has 6 nitrogen and oxygen atoms in total. The first-order valence-corrected chi connectivity index (χ1v) is 14.2. The molecule has 1 N–H and O–H groups in total. The Hall–Kier alpha value is -4.05. The summed E-state index contributed by atoms with van der Waals surface area (Å²) >= 11 is 6.61. The van der Waals surface area contributed by atoms with E-state index in [2.05, 4.69) is 15.3 Å². The Morgan fingerprint density at radius 3 is 2.53 bits per heavy atom. The molecule has 2 saturated carbocycles. The van der Waals surface area contributed by atoms with Crippen LogP contribution in [0.4, 0.5) is 23.2 Å². The van der Waals surface area contributed by atoms with Crippen molar-refractivity contribution in [2.24, 2.45) is 5.41 Å². The number of amides is 1. The monoisotopic (exact) mass is 610 g/mol. The molecule has 11 heteroatoms. The van der Waals surface area contributed by atoms with E-state index in [4.69, 9.17) is 11.6 Å². The first-order valence-electron chi connectivity index (χ1n) is 13.8. The van der Waals surface area contributed by atoms with Gasteiger partial charge in [0.2, 0.25) is 5.91 Å². The Morgan fingerprint density at radius 2 is 1.84 bits per heavy atom. The smallest absolute Gasteiger partial charge is 0.323 e. The van der Waals surface area contributed by atoms with Crippen molar-refractivity contribution in [2.45, 2.75) is 58.0 Å². The zero-order valence-corrected chi connectivity index (χ0v) is 24.3. The predicted molar refractivity (Wildman–Crippen MR) is 155 cm³/mol. The summed E-state index contributed by atoms with van der Waals surface area (Å²) in [5.41, 5.74) is 1.33. The van der Waals surface area contributed by atoms with E-state index in [1.807, 2.05) is 6.92 Å². The number of hydrogen-bond acceptors (Lipinski definition) is 4. The molecule has 2 atom stereocenters. The number of rotatable bonds is 6. The van der Waals surface area contributed by atoms with Crippen LogP contribution < -0.4 is 10.9 Å². The van der Waals surface area contributed by atoms with Crippen molar-refractivity contribution < 1.29 is 22.4 Å². The Morgan fingerprint density at radius 1 is 1.09 bits per heavy atom. The molecule has 3 aromatic heterocycles. The van der Waals surface area contributed by atoms with Crippen molar-refractivity contribution in [3.05, 3.63) is 104 Å². The summed E-state index contributed by atoms with van der Waals surface area (Å²) in [5.74, 6) is -1.34. The van der Waals surface area contributed by atoms with Gasteiger partial charge in [0.1, 0.15) is 5.02 Å². The summed E-state index contributed by atoms with van der Waals surface area (Å²) in [6.45, 7) is 5.33. The number of hydrogen-bond donors (Lipinski definition) is 1. The minimum atomic E-state index is -4.50. The van der Waals surface area contributed by atoms with E-state index < -0.39 is 28.5 Å². The highest BCUT2D eigenvalue weighted by Gasteiger charge is 2.45. The van der Waals surface area contributed by atoms with E-state index in [0.29, 0.717) is 34.5 Å². The van der Waals surface area contributed by atoms with Crippen LogP contribution in [0.15, 0.2) is 59.8 Å². The zero-order valence-electron chi connectivity index (χ0n) is 23.5. The maximum atomic E-state index is 15.6. The van der Waals surface area contributed by atoms with Gasteiger partial charge in [-0.05, 0) is 92.0 Å². The molecule has 222 valence electrons. The molecule has 0 saturated heterocycles. The van der Waals surface area contributed by atoms with E-state index in [1.165, 1.54) is 23.0 Å². The van der Waals surface area contributed by atoms with Crippen LogP contribution in [0, 0.1) is 25.1 Å². The van der Waals surface area contributed by atoms with Gasteiger partial charge in [0.05, 0.1) is 22.6 Å². The average molecular weight is 611 g/mol. The van der Waals surface area contributed by atoms with Crippen molar-refractivity contribution in [3.63, 3.8) is 0 Å². The number of carbonyl (C=O) groups is 1. The normalized spacial score (nSPS) is 18.8. The molecular weight excluding hydrogens is 584 g/mol. The van der Waals surface area contributed by atoms with E-state index in [0.717, 1.165) is 25.1 Å². The number of benzene rings is 1. The lowest BCUT2D eigenvalue weighted by atomic mass is 10.0. The van der Waals surface area contributed by atoms with E-state index in [-0.39, 0.29) is 39.7 Å². The Labute approximate surface area is 249 Å². The number of nitrogens with zero attached hydrogens (tertiary/aromatic N) is 3. The first kappa shape index (κ1) is 29.0. The largest absolute Gasteiger partial charge is 0.417 e. The Bertz CT molecular complexity index is 1850. The second-order valence-electron chi connectivity index (χ2n) is 11.7. The maximum absolute atomic E-state index is 15.6. The van der Waals surface area contributed by atoms with Crippen molar-refractivity contribution in [3.8, 4) is 16.9 Å². The van der Waals surface area contributed by atoms with Crippen molar-refractivity contribution in [1.82, 2.24) is 14.5 Å². The maximum Gasteiger partial charge on any atom is 0.417 e. The van der Waals surface area contributed by atoms with Gasteiger partial charge >= 0.3 is 6.18 Å². The molecule has 2 aliphatic carbocycles. The fourth-order valence-electron chi connectivity index (χ4n) is 5.44. The van der Waals surface area contributed by atoms with Gasteiger partial charge in [0.25, 0.3) is 5.56 Å². The van der Waals surface area contributed by atoms with Crippen LogP contribution >= 0.6 is 11.6 Å². The van der Waals surface area contributed by atoms with Crippen molar-refractivity contribution in [2.75, 3.05) is 5.32 Å². The molecule has 0 spiro atoms. The molecule has 2 aliphatic rings. The third-order valence-electron chi connectivity index (χ3n) is 8.45. The average Bonchev–Trinajstić information content (AvgIpc) is 3.90. The second-order valence-corrected chi connectivity index (χ2v) is 12.1. The number of halogens is 5. The van der Waals surface area contributed by atoms with Gasteiger partial charge in [-0.15, -0.1) is 0 Å². The molecular formula is C32H27ClF4N4O2. The molecule has 43 heavy (non-hydrogen) atoms. The molecule has 6 rings (SSSR count). The number of pyridine rings is 3. The molecule has 0 radical (unpaired) electrons. The third-order valence-corrected chi connectivity index (χ3v) is 8.83. The quantitative estimate of drug-likeness (QED) is 0.227. The van der Waals surface area contributed by atoms with Crippen LogP contribution in [-0.2, 0) is 11.0 Å². The van der Waals surface area contributed by atoms with Gasteiger partial charge in [0, 0.05) is 35.3 Å². The fraction of sp³-hybridized carbons (Fsp3) is 0.312. The number of nitrogens with one attached hydrogen (secondary N) is 1. The minimum absolute atomic E-state index is 0.0275. The summed E-state index contributed by atoms with van der Waals surface area (Å²) in [6.07, 6.45) is 1.27. The van der Waals surface area contributed by atoms with Crippen LogP contribution in [0.2, 0.25) is 5.02 Å². The molecule has 1 aromatic carbocycles. The van der Waals surface area contributed by atoms with Gasteiger partial charge in [-0.2, -0.15) is 13.2 Å². The lowest BCUT2D eigenvalue weighted by molar-refractivity contribution is -0.137. The summed E-state index contributed by atoms with van der Waals surface area (Å²) in [6, 6.07) is 9.12. The summed E-state index contributed by atoms with van der Waals surface area (Å²) < 4.78 is 56.6. The van der Waals surface area contributed by atoms with Crippen LogP contribution in [0.25, 0.3) is 16.9 Å². The SMILES string of the molecule is Cc1cnc(-c2cccc(NC(=O)C3(C)CC3)c2F)cc1-n1c(C)cc([C@H]2C[C@@H]2c2cncc(C(F)(F)F)c2)c(Cl)c1=O. The first-order chi connectivity index (χ1) is 20.3. The van der Waals surface area contributed by atoms with Gasteiger partial charge in [0.15, 0.2) is 5.82 Å². The van der Waals surface area contributed by atoms with Gasteiger partial charge in [-0.25, -0.2) is 4.39 Å². The fourth-order valence-corrected chi connectivity index (χ4v) is 5.72. The summed E-state index contributed by atoms with van der Waals surface area (Å²) in [4.78, 5) is 34.3. The molecule has 3 heterocycles. The van der Waals surface area contributed by atoms with Crippen LogP contribution in [0.3, 0.4) is 0 Å². The number of aromatic nitrogens is 3. The van der Waals surface area contributed by atoms with E-state index in [9.17, 15) is 22.8 Å². The van der Waals surface area contributed by atoms with Crippen LogP contribution in [-0.4, -0.2) is 20.4 Å². The zero-order chi connectivity index (χ0) is 30.8. The molecule has 1 amide bonds. The van der Waals surface area contributed by atoms with E-state index in [1.54, 1.807) is 38.1 Å². The topological polar surface area (TPSA) is 76.9 Å². The number of anilines is 1. The van der Waals surface area contributed by atoms with Gasteiger partial charge in [-0.1, -0.05) is 24.6 Å². The number of carbonyl (C=O) groups excluding carboxylic acids is 1. The molecule has 0 bridgehead atoms. The second kappa shape index (κ2) is 10.3. The lowest BCUT2D eigenvalue weighted by Gasteiger charge is -2.17. The van der Waals surface area contributed by atoms with E-state index >= 15 is 4.39 Å². The van der Waals surface area contributed by atoms with Crippen molar-refractivity contribution >= 4 is 23.2 Å².